The molecule has 0 aliphatic rings. The molecule has 1 N–H and O–H groups in total. The summed E-state index contributed by atoms with van der Waals surface area (Å²) in [4.78, 5) is 23.0. The molecular weight excluding hydrogens is 238 g/mol. The van der Waals surface area contributed by atoms with Crippen LogP contribution in [0.25, 0.3) is 0 Å². The fraction of sp³-hybridized carbons (Fsp3) is 0.273. The molecule has 1 amide bonds. The second-order valence-electron chi connectivity index (χ2n) is 3.75. The van der Waals surface area contributed by atoms with E-state index in [1.165, 1.54) is 6.07 Å². The highest BCUT2D eigenvalue weighted by molar-refractivity contribution is 5.91. The van der Waals surface area contributed by atoms with Crippen LogP contribution in [0.3, 0.4) is 0 Å². The average molecular weight is 249 g/mol. The molecule has 0 bridgehead atoms. The summed E-state index contributed by atoms with van der Waals surface area (Å²) < 4.78 is 9.65. The van der Waals surface area contributed by atoms with Gasteiger partial charge in [0.15, 0.2) is 11.2 Å². The van der Waals surface area contributed by atoms with Crippen LogP contribution in [0.5, 0.6) is 0 Å². The molecule has 0 saturated heterocycles. The van der Waals surface area contributed by atoms with Crippen LogP contribution in [0.2, 0.25) is 0 Å². The second kappa shape index (κ2) is 4.82. The Bertz CT molecular complexity index is 629. The molecule has 0 spiro atoms. The summed E-state index contributed by atoms with van der Waals surface area (Å²) in [6.07, 6.45) is 0. The van der Waals surface area contributed by atoms with E-state index in [2.05, 4.69) is 20.3 Å². The zero-order chi connectivity index (χ0) is 13.1. The maximum Gasteiger partial charge on any atom is 0.287 e. The number of rotatable bonds is 3. The quantitative estimate of drug-likeness (QED) is 0.853. The van der Waals surface area contributed by atoms with Crippen molar-refractivity contribution in [2.24, 2.45) is 0 Å². The Kier molecular flexibility index (Phi) is 3.22. The van der Waals surface area contributed by atoms with E-state index in [0.717, 1.165) is 6.07 Å². The molecule has 0 aromatic carbocycles. The molecule has 18 heavy (non-hydrogen) atoms. The van der Waals surface area contributed by atoms with Gasteiger partial charge in [-0.15, -0.1) is 0 Å². The van der Waals surface area contributed by atoms with Crippen LogP contribution in [0, 0.1) is 13.8 Å². The lowest BCUT2D eigenvalue weighted by Gasteiger charge is -2.02. The molecule has 2 aromatic heterocycles. The van der Waals surface area contributed by atoms with Crippen LogP contribution in [0.1, 0.15) is 27.7 Å². The summed E-state index contributed by atoms with van der Waals surface area (Å²) in [6, 6.07) is 2.44. The van der Waals surface area contributed by atoms with E-state index < -0.39 is 5.91 Å². The SMILES string of the molecule is Cc1cc(=O)cc(C(=O)NCc2nonc2C)o1. The number of aromatic nitrogens is 2. The molecule has 0 aliphatic heterocycles. The van der Waals surface area contributed by atoms with E-state index in [0.29, 0.717) is 17.1 Å². The second-order valence-corrected chi connectivity index (χ2v) is 3.75. The van der Waals surface area contributed by atoms with Gasteiger partial charge in [0.2, 0.25) is 0 Å². The van der Waals surface area contributed by atoms with Gasteiger partial charge in [0.1, 0.15) is 17.1 Å². The van der Waals surface area contributed by atoms with Crippen molar-refractivity contribution in [1.29, 1.82) is 0 Å². The lowest BCUT2D eigenvalue weighted by molar-refractivity contribution is 0.0918. The third kappa shape index (κ3) is 2.62. The molecule has 0 radical (unpaired) electrons. The number of nitrogens with one attached hydrogen (secondary N) is 1. The standard InChI is InChI=1S/C11H11N3O4/c1-6-3-8(15)4-10(17-6)11(16)12-5-9-7(2)13-18-14-9/h3-4H,5H2,1-2H3,(H,12,16). The maximum atomic E-state index is 11.7. The first-order valence-electron chi connectivity index (χ1n) is 5.24. The number of carbonyl (C=O) groups excluding carboxylic acids is 1. The number of amides is 1. The van der Waals surface area contributed by atoms with Crippen molar-refractivity contribution < 1.29 is 13.8 Å². The van der Waals surface area contributed by atoms with Crippen molar-refractivity contribution in [1.82, 2.24) is 15.6 Å². The topological polar surface area (TPSA) is 98.2 Å². The number of carbonyl (C=O) groups is 1. The highest BCUT2D eigenvalue weighted by Gasteiger charge is 2.12. The normalized spacial score (nSPS) is 10.3. The first-order valence-corrected chi connectivity index (χ1v) is 5.24. The van der Waals surface area contributed by atoms with E-state index in [-0.39, 0.29) is 17.7 Å². The minimum Gasteiger partial charge on any atom is -0.456 e. The molecule has 94 valence electrons. The Morgan fingerprint density at radius 3 is 2.72 bits per heavy atom. The molecular formula is C11H11N3O4. The van der Waals surface area contributed by atoms with Crippen LogP contribution in [0.4, 0.5) is 0 Å². The molecule has 0 fully saturated rings. The van der Waals surface area contributed by atoms with E-state index in [1.807, 2.05) is 0 Å². The monoisotopic (exact) mass is 249 g/mol. The predicted molar refractivity (Wildman–Crippen MR) is 59.9 cm³/mol. The maximum absolute atomic E-state index is 11.7. The number of aryl methyl sites for hydroxylation is 2. The molecule has 0 saturated carbocycles. The molecule has 0 unspecified atom stereocenters. The summed E-state index contributed by atoms with van der Waals surface area (Å²) >= 11 is 0. The van der Waals surface area contributed by atoms with Gasteiger partial charge in [-0.3, -0.25) is 9.59 Å². The number of hydrogen-bond donors (Lipinski definition) is 1. The van der Waals surface area contributed by atoms with Gasteiger partial charge in [-0.2, -0.15) is 0 Å². The van der Waals surface area contributed by atoms with Gasteiger partial charge in [-0.1, -0.05) is 10.3 Å². The Labute approximate surface area is 102 Å². The van der Waals surface area contributed by atoms with Crippen molar-refractivity contribution in [2.75, 3.05) is 0 Å². The Morgan fingerprint density at radius 1 is 1.33 bits per heavy atom. The number of hydrogen-bond acceptors (Lipinski definition) is 6. The molecule has 0 atom stereocenters. The van der Waals surface area contributed by atoms with Crippen molar-refractivity contribution in [2.45, 2.75) is 20.4 Å². The van der Waals surface area contributed by atoms with Gasteiger partial charge in [0, 0.05) is 12.1 Å². The summed E-state index contributed by atoms with van der Waals surface area (Å²) in [5.74, 6) is -0.140. The van der Waals surface area contributed by atoms with Gasteiger partial charge in [0.05, 0.1) is 6.54 Å². The van der Waals surface area contributed by atoms with Crippen molar-refractivity contribution in [3.63, 3.8) is 0 Å². The summed E-state index contributed by atoms with van der Waals surface area (Å²) in [7, 11) is 0. The summed E-state index contributed by atoms with van der Waals surface area (Å²) in [5.41, 5.74) is 0.850. The minimum absolute atomic E-state index is 0.0332. The fourth-order valence-corrected chi connectivity index (χ4v) is 1.38. The van der Waals surface area contributed by atoms with Crippen LogP contribution in [-0.2, 0) is 6.54 Å². The first-order chi connectivity index (χ1) is 8.56. The van der Waals surface area contributed by atoms with Crippen LogP contribution >= 0.6 is 0 Å². The Balaban J connectivity index is 2.08. The van der Waals surface area contributed by atoms with E-state index in [9.17, 15) is 9.59 Å². The third-order valence-corrected chi connectivity index (χ3v) is 2.28. The van der Waals surface area contributed by atoms with Gasteiger partial charge < -0.3 is 9.73 Å². The third-order valence-electron chi connectivity index (χ3n) is 2.28. The van der Waals surface area contributed by atoms with Crippen LogP contribution in [0.15, 0.2) is 26.0 Å². The lowest BCUT2D eigenvalue weighted by atomic mass is 10.3. The van der Waals surface area contributed by atoms with Crippen LogP contribution < -0.4 is 10.7 Å². The number of nitrogens with zero attached hydrogens (tertiary/aromatic N) is 2. The molecule has 7 heteroatoms. The highest BCUT2D eigenvalue weighted by atomic mass is 16.6. The van der Waals surface area contributed by atoms with Crippen molar-refractivity contribution in [3.05, 3.63) is 45.3 Å². The lowest BCUT2D eigenvalue weighted by Crippen LogP contribution is -2.24. The zero-order valence-electron chi connectivity index (χ0n) is 9.89. The molecule has 7 nitrogen and oxygen atoms in total. The van der Waals surface area contributed by atoms with Gasteiger partial charge >= 0.3 is 0 Å². The first kappa shape index (κ1) is 12.0. The molecule has 2 aromatic rings. The Hall–Kier alpha value is -2.44. The Morgan fingerprint density at radius 2 is 2.11 bits per heavy atom. The van der Waals surface area contributed by atoms with Gasteiger partial charge in [-0.25, -0.2) is 4.63 Å². The van der Waals surface area contributed by atoms with Crippen molar-refractivity contribution in [3.8, 4) is 0 Å². The van der Waals surface area contributed by atoms with E-state index >= 15 is 0 Å². The fourth-order valence-electron chi connectivity index (χ4n) is 1.38. The smallest absolute Gasteiger partial charge is 0.287 e. The minimum atomic E-state index is -0.488. The average Bonchev–Trinajstić information content (AvgIpc) is 2.70. The molecule has 0 aliphatic carbocycles. The highest BCUT2D eigenvalue weighted by Crippen LogP contribution is 2.02. The zero-order valence-corrected chi connectivity index (χ0v) is 9.89. The molecule has 2 rings (SSSR count). The molecule has 2 heterocycles. The van der Waals surface area contributed by atoms with Gasteiger partial charge in [0.25, 0.3) is 5.91 Å². The predicted octanol–water partition coefficient (Wildman–Crippen LogP) is 0.570. The van der Waals surface area contributed by atoms with Gasteiger partial charge in [-0.05, 0) is 13.8 Å². The summed E-state index contributed by atoms with van der Waals surface area (Å²) in [6.45, 7) is 3.47. The van der Waals surface area contributed by atoms with E-state index in [4.69, 9.17) is 4.42 Å². The summed E-state index contributed by atoms with van der Waals surface area (Å²) in [5, 5.41) is 9.77. The van der Waals surface area contributed by atoms with E-state index in [1.54, 1.807) is 13.8 Å². The largest absolute Gasteiger partial charge is 0.456 e. The van der Waals surface area contributed by atoms with Crippen molar-refractivity contribution >= 4 is 5.91 Å². The van der Waals surface area contributed by atoms with Crippen LogP contribution in [-0.4, -0.2) is 16.2 Å².